The van der Waals surface area contributed by atoms with Crippen molar-refractivity contribution in [1.29, 1.82) is 0 Å². The molecule has 1 N–H and O–H groups in total. The second-order valence-corrected chi connectivity index (χ2v) is 5.48. The van der Waals surface area contributed by atoms with E-state index in [1.54, 1.807) is 0 Å². The molecule has 3 heteroatoms. The monoisotopic (exact) mass is 231 g/mol. The third kappa shape index (κ3) is 1.97. The summed E-state index contributed by atoms with van der Waals surface area (Å²) in [5.41, 5.74) is 3.76. The minimum absolute atomic E-state index is 0.615. The normalized spacial score (nSPS) is 27.4. The predicted molar refractivity (Wildman–Crippen MR) is 67.7 cm³/mol. The van der Waals surface area contributed by atoms with Crippen LogP contribution in [-0.2, 0) is 13.1 Å². The molecule has 2 unspecified atom stereocenters. The van der Waals surface area contributed by atoms with Gasteiger partial charge in [-0.05, 0) is 32.1 Å². The van der Waals surface area contributed by atoms with Crippen LogP contribution >= 0.6 is 0 Å². The molecule has 3 rings (SSSR count). The summed E-state index contributed by atoms with van der Waals surface area (Å²) in [6.07, 6.45) is 5.24. The number of fused-ring (bicyclic) bond motifs is 1. The first-order valence-electron chi connectivity index (χ1n) is 6.85. The van der Waals surface area contributed by atoms with Crippen LogP contribution in [0.4, 0.5) is 0 Å². The van der Waals surface area contributed by atoms with Crippen molar-refractivity contribution in [3.8, 4) is 0 Å². The third-order valence-electron chi connectivity index (χ3n) is 4.39. The smallest absolute Gasteiger partial charge is 0.132 e. The first-order valence-corrected chi connectivity index (χ1v) is 6.85. The molecule has 1 aliphatic carbocycles. The molecule has 1 aromatic rings. The third-order valence-corrected chi connectivity index (χ3v) is 4.39. The van der Waals surface area contributed by atoms with Gasteiger partial charge < -0.3 is 5.32 Å². The average Bonchev–Trinajstić information content (AvgIpc) is 2.97. The molecule has 0 bridgehead atoms. The van der Waals surface area contributed by atoms with E-state index in [2.05, 4.69) is 19.2 Å². The van der Waals surface area contributed by atoms with Gasteiger partial charge in [-0.25, -0.2) is 9.97 Å². The Morgan fingerprint density at radius 3 is 2.88 bits per heavy atom. The molecular formula is C14H21N3. The Balaban J connectivity index is 1.87. The van der Waals surface area contributed by atoms with E-state index in [-0.39, 0.29) is 0 Å². The van der Waals surface area contributed by atoms with Gasteiger partial charge in [0.1, 0.15) is 5.82 Å². The summed E-state index contributed by atoms with van der Waals surface area (Å²) < 4.78 is 0. The van der Waals surface area contributed by atoms with Crippen LogP contribution in [0.3, 0.4) is 0 Å². The lowest BCUT2D eigenvalue weighted by atomic mass is 10.0. The van der Waals surface area contributed by atoms with Crippen LogP contribution in [0.1, 0.15) is 61.3 Å². The van der Waals surface area contributed by atoms with Gasteiger partial charge in [-0.1, -0.05) is 13.3 Å². The van der Waals surface area contributed by atoms with E-state index in [1.807, 2.05) is 0 Å². The fourth-order valence-electron chi connectivity index (χ4n) is 3.22. The second-order valence-electron chi connectivity index (χ2n) is 5.48. The largest absolute Gasteiger partial charge is 0.307 e. The van der Waals surface area contributed by atoms with Gasteiger partial charge >= 0.3 is 0 Å². The Kier molecular flexibility index (Phi) is 2.87. The Morgan fingerprint density at radius 2 is 2.12 bits per heavy atom. The minimum atomic E-state index is 0.615. The van der Waals surface area contributed by atoms with Gasteiger partial charge in [0.05, 0.1) is 5.69 Å². The van der Waals surface area contributed by atoms with E-state index >= 15 is 0 Å². The maximum Gasteiger partial charge on any atom is 0.132 e. The highest BCUT2D eigenvalue weighted by Gasteiger charge is 2.28. The van der Waals surface area contributed by atoms with Gasteiger partial charge in [-0.3, -0.25) is 0 Å². The lowest BCUT2D eigenvalue weighted by molar-refractivity contribution is 0.516. The number of rotatable bonds is 2. The van der Waals surface area contributed by atoms with Crippen LogP contribution in [0.5, 0.6) is 0 Å². The van der Waals surface area contributed by atoms with Crippen molar-refractivity contribution in [2.75, 3.05) is 0 Å². The zero-order valence-corrected chi connectivity index (χ0v) is 10.8. The average molecular weight is 231 g/mol. The van der Waals surface area contributed by atoms with E-state index in [4.69, 9.17) is 9.97 Å². The molecule has 0 amide bonds. The van der Waals surface area contributed by atoms with Crippen molar-refractivity contribution in [1.82, 2.24) is 15.3 Å². The van der Waals surface area contributed by atoms with Crippen molar-refractivity contribution < 1.29 is 0 Å². The first-order chi connectivity index (χ1) is 8.28. The van der Waals surface area contributed by atoms with Gasteiger partial charge in [-0.2, -0.15) is 0 Å². The molecule has 0 spiro atoms. The molecule has 0 radical (unpaired) electrons. The zero-order valence-electron chi connectivity index (χ0n) is 10.8. The molecule has 1 aliphatic heterocycles. The summed E-state index contributed by atoms with van der Waals surface area (Å²) in [6, 6.07) is 0. The Hall–Kier alpha value is -0.960. The van der Waals surface area contributed by atoms with E-state index in [0.29, 0.717) is 5.92 Å². The number of aromatic nitrogens is 2. The molecular weight excluding hydrogens is 210 g/mol. The van der Waals surface area contributed by atoms with Crippen molar-refractivity contribution in [2.45, 2.75) is 58.5 Å². The highest BCUT2D eigenvalue weighted by atomic mass is 15.0. The summed E-state index contributed by atoms with van der Waals surface area (Å²) in [5.74, 6) is 2.63. The van der Waals surface area contributed by atoms with Crippen molar-refractivity contribution in [3.05, 3.63) is 22.8 Å². The molecule has 3 nitrogen and oxygen atoms in total. The van der Waals surface area contributed by atoms with Crippen LogP contribution in [0.2, 0.25) is 0 Å². The van der Waals surface area contributed by atoms with Crippen LogP contribution < -0.4 is 5.32 Å². The number of nitrogens with one attached hydrogen (secondary N) is 1. The van der Waals surface area contributed by atoms with E-state index in [9.17, 15) is 0 Å². The van der Waals surface area contributed by atoms with Gasteiger partial charge in [0.15, 0.2) is 0 Å². The molecule has 0 aromatic carbocycles. The molecule has 2 heterocycles. The molecule has 17 heavy (non-hydrogen) atoms. The van der Waals surface area contributed by atoms with Crippen LogP contribution in [0, 0.1) is 12.8 Å². The van der Waals surface area contributed by atoms with E-state index < -0.39 is 0 Å². The van der Waals surface area contributed by atoms with Gasteiger partial charge in [0.2, 0.25) is 0 Å². The zero-order chi connectivity index (χ0) is 11.8. The van der Waals surface area contributed by atoms with Crippen molar-refractivity contribution >= 4 is 0 Å². The number of aryl methyl sites for hydroxylation is 1. The van der Waals surface area contributed by atoms with Crippen LogP contribution in [0.15, 0.2) is 0 Å². The molecule has 1 saturated carbocycles. The van der Waals surface area contributed by atoms with Crippen molar-refractivity contribution in [2.24, 2.45) is 5.92 Å². The van der Waals surface area contributed by atoms with E-state index in [1.165, 1.54) is 42.6 Å². The Bertz CT molecular complexity index is 428. The highest BCUT2D eigenvalue weighted by molar-refractivity contribution is 5.29. The predicted octanol–water partition coefficient (Wildman–Crippen LogP) is 2.68. The SMILES string of the molecule is CCC1CCC(c2nc(C)c3c(n2)CNC3)C1. The molecule has 92 valence electrons. The first kappa shape index (κ1) is 11.1. The Labute approximate surface area is 103 Å². The molecule has 2 atom stereocenters. The number of hydrogen-bond donors (Lipinski definition) is 1. The summed E-state index contributed by atoms with van der Waals surface area (Å²) in [6.45, 7) is 6.30. The van der Waals surface area contributed by atoms with Crippen LogP contribution in [0.25, 0.3) is 0 Å². The van der Waals surface area contributed by atoms with E-state index in [0.717, 1.165) is 24.8 Å². The highest BCUT2D eigenvalue weighted by Crippen LogP contribution is 2.38. The maximum atomic E-state index is 4.79. The Morgan fingerprint density at radius 1 is 1.24 bits per heavy atom. The summed E-state index contributed by atoms with van der Waals surface area (Å²) in [7, 11) is 0. The number of hydrogen-bond acceptors (Lipinski definition) is 3. The maximum absolute atomic E-state index is 4.79. The second kappa shape index (κ2) is 4.37. The van der Waals surface area contributed by atoms with Gasteiger partial charge in [0.25, 0.3) is 0 Å². The van der Waals surface area contributed by atoms with Crippen molar-refractivity contribution in [3.63, 3.8) is 0 Å². The lowest BCUT2D eigenvalue weighted by Gasteiger charge is -2.12. The molecule has 2 aliphatic rings. The molecule has 1 fully saturated rings. The summed E-state index contributed by atoms with van der Waals surface area (Å²) in [5, 5.41) is 3.36. The summed E-state index contributed by atoms with van der Waals surface area (Å²) in [4.78, 5) is 9.54. The topological polar surface area (TPSA) is 37.8 Å². The lowest BCUT2D eigenvalue weighted by Crippen LogP contribution is -2.07. The van der Waals surface area contributed by atoms with Crippen LogP contribution in [-0.4, -0.2) is 9.97 Å². The fraction of sp³-hybridized carbons (Fsp3) is 0.714. The molecule has 0 saturated heterocycles. The molecule has 1 aromatic heterocycles. The summed E-state index contributed by atoms with van der Waals surface area (Å²) >= 11 is 0. The standard InChI is InChI=1S/C14H21N3/c1-3-10-4-5-11(6-10)14-16-9(2)12-7-15-8-13(12)17-14/h10-11,15H,3-8H2,1-2H3. The van der Waals surface area contributed by atoms with Gasteiger partial charge in [0, 0.05) is 30.3 Å². The minimum Gasteiger partial charge on any atom is -0.307 e. The van der Waals surface area contributed by atoms with Gasteiger partial charge in [-0.15, -0.1) is 0 Å². The fourth-order valence-corrected chi connectivity index (χ4v) is 3.22. The number of nitrogens with zero attached hydrogens (tertiary/aromatic N) is 2. The quantitative estimate of drug-likeness (QED) is 0.850.